The smallest absolute Gasteiger partial charge is 0.206 e. The number of benzene rings is 2. The summed E-state index contributed by atoms with van der Waals surface area (Å²) in [5.74, 6) is 0.0109. The summed E-state index contributed by atoms with van der Waals surface area (Å²) in [7, 11) is 0. The molecule has 0 atom stereocenters. The second kappa shape index (κ2) is 4.58. The molecule has 0 aliphatic heterocycles. The van der Waals surface area contributed by atoms with Crippen LogP contribution in [0.3, 0.4) is 0 Å². The molecule has 106 valence electrons. The van der Waals surface area contributed by atoms with Crippen LogP contribution >= 0.6 is 0 Å². The lowest BCUT2D eigenvalue weighted by Crippen LogP contribution is -2.09. The number of nitrogens with two attached hydrogens (primary N) is 1. The van der Waals surface area contributed by atoms with Gasteiger partial charge in [-0.1, -0.05) is 18.2 Å². The molecule has 3 aromatic rings. The van der Waals surface area contributed by atoms with Crippen molar-refractivity contribution in [2.24, 2.45) is 0 Å². The first kappa shape index (κ1) is 12.4. The van der Waals surface area contributed by atoms with E-state index in [1.807, 2.05) is 22.8 Å². The first-order valence-corrected chi connectivity index (χ1v) is 7.29. The molecule has 3 nitrogen and oxygen atoms in total. The quantitative estimate of drug-likeness (QED) is 0.740. The highest BCUT2D eigenvalue weighted by molar-refractivity contribution is 5.81. The summed E-state index contributed by atoms with van der Waals surface area (Å²) >= 11 is 0. The summed E-state index contributed by atoms with van der Waals surface area (Å²) in [6.45, 7) is 0. The van der Waals surface area contributed by atoms with Gasteiger partial charge in [-0.25, -0.2) is 9.37 Å². The highest BCUT2D eigenvalue weighted by Gasteiger charge is 2.18. The molecule has 0 saturated heterocycles. The number of fused-ring (bicyclic) bond motifs is 2. The van der Waals surface area contributed by atoms with Crippen molar-refractivity contribution in [3.8, 4) is 5.69 Å². The Bertz CT molecular complexity index is 835. The highest BCUT2D eigenvalue weighted by atomic mass is 19.1. The summed E-state index contributed by atoms with van der Waals surface area (Å²) in [6, 6.07) is 11.2. The fourth-order valence-electron chi connectivity index (χ4n) is 3.31. The molecule has 1 aliphatic carbocycles. The maximum Gasteiger partial charge on any atom is 0.206 e. The standard InChI is InChI=1S/C17H16FN3/c18-13-8-4-10-15-16(13)20-17(19)21(15)14-9-3-6-11-5-1-2-7-12(11)14/h3-4,6,8-10H,1-2,5,7H2,(H2,19,20). The van der Waals surface area contributed by atoms with Crippen LogP contribution in [0.15, 0.2) is 36.4 Å². The van der Waals surface area contributed by atoms with Crippen molar-refractivity contribution in [2.75, 3.05) is 5.73 Å². The number of rotatable bonds is 1. The molecule has 0 spiro atoms. The number of imidazole rings is 1. The van der Waals surface area contributed by atoms with E-state index in [0.717, 1.165) is 24.0 Å². The van der Waals surface area contributed by atoms with E-state index in [1.54, 1.807) is 6.07 Å². The first-order chi connectivity index (χ1) is 10.3. The van der Waals surface area contributed by atoms with Gasteiger partial charge in [0, 0.05) is 0 Å². The van der Waals surface area contributed by atoms with Crippen molar-refractivity contribution >= 4 is 17.0 Å². The van der Waals surface area contributed by atoms with Crippen molar-refractivity contribution in [3.05, 3.63) is 53.3 Å². The number of nitrogen functional groups attached to an aromatic ring is 1. The lowest BCUT2D eigenvalue weighted by atomic mass is 9.90. The molecule has 0 radical (unpaired) electrons. The van der Waals surface area contributed by atoms with Gasteiger partial charge in [0.2, 0.25) is 5.95 Å². The van der Waals surface area contributed by atoms with Gasteiger partial charge in [-0.2, -0.15) is 0 Å². The van der Waals surface area contributed by atoms with Crippen LogP contribution in [0.4, 0.5) is 10.3 Å². The van der Waals surface area contributed by atoms with E-state index in [-0.39, 0.29) is 5.82 Å². The monoisotopic (exact) mass is 281 g/mol. The SMILES string of the molecule is Nc1nc2c(F)cccc2n1-c1cccc2c1CCCC2. The Hall–Kier alpha value is -2.36. The van der Waals surface area contributed by atoms with Crippen LogP contribution in [0.25, 0.3) is 16.7 Å². The molecule has 0 unspecified atom stereocenters. The van der Waals surface area contributed by atoms with Gasteiger partial charge in [0.15, 0.2) is 5.82 Å². The van der Waals surface area contributed by atoms with Gasteiger partial charge in [-0.15, -0.1) is 0 Å². The number of hydrogen-bond acceptors (Lipinski definition) is 2. The zero-order chi connectivity index (χ0) is 14.4. The van der Waals surface area contributed by atoms with Gasteiger partial charge in [-0.3, -0.25) is 4.57 Å². The fourth-order valence-corrected chi connectivity index (χ4v) is 3.31. The molecule has 21 heavy (non-hydrogen) atoms. The van der Waals surface area contributed by atoms with Crippen LogP contribution in [0.2, 0.25) is 0 Å². The Morgan fingerprint density at radius 1 is 1.05 bits per heavy atom. The van der Waals surface area contributed by atoms with E-state index in [1.165, 1.54) is 30.0 Å². The van der Waals surface area contributed by atoms with Gasteiger partial charge in [-0.05, 0) is 55.0 Å². The van der Waals surface area contributed by atoms with E-state index in [4.69, 9.17) is 5.73 Å². The summed E-state index contributed by atoms with van der Waals surface area (Å²) in [5.41, 5.74) is 10.9. The molecule has 4 heteroatoms. The molecule has 0 bridgehead atoms. The number of anilines is 1. The first-order valence-electron chi connectivity index (χ1n) is 7.29. The largest absolute Gasteiger partial charge is 0.369 e. The molecule has 1 aliphatic rings. The number of hydrogen-bond donors (Lipinski definition) is 1. The Balaban J connectivity index is 2.03. The zero-order valence-electron chi connectivity index (χ0n) is 11.6. The van der Waals surface area contributed by atoms with Crippen molar-refractivity contribution < 1.29 is 4.39 Å². The predicted molar refractivity (Wildman–Crippen MR) is 82.1 cm³/mol. The molecular formula is C17H16FN3. The Morgan fingerprint density at radius 2 is 1.86 bits per heavy atom. The van der Waals surface area contributed by atoms with Crippen molar-refractivity contribution in [1.82, 2.24) is 9.55 Å². The van der Waals surface area contributed by atoms with E-state index in [2.05, 4.69) is 11.1 Å². The second-order valence-corrected chi connectivity index (χ2v) is 5.53. The molecule has 1 aromatic heterocycles. The summed E-state index contributed by atoms with van der Waals surface area (Å²) in [6.07, 6.45) is 4.56. The van der Waals surface area contributed by atoms with E-state index in [9.17, 15) is 4.39 Å². The minimum Gasteiger partial charge on any atom is -0.369 e. The van der Waals surface area contributed by atoms with E-state index in [0.29, 0.717) is 11.5 Å². The maximum absolute atomic E-state index is 13.9. The molecular weight excluding hydrogens is 265 g/mol. The lowest BCUT2D eigenvalue weighted by Gasteiger charge is -2.20. The molecule has 2 N–H and O–H groups in total. The third kappa shape index (κ3) is 1.82. The van der Waals surface area contributed by atoms with Gasteiger partial charge >= 0.3 is 0 Å². The molecule has 0 amide bonds. The number of aromatic nitrogens is 2. The van der Waals surface area contributed by atoms with Crippen LogP contribution in [-0.4, -0.2) is 9.55 Å². The maximum atomic E-state index is 13.9. The lowest BCUT2D eigenvalue weighted by molar-refractivity contribution is 0.637. The average Bonchev–Trinajstić information content (AvgIpc) is 2.84. The minimum absolute atomic E-state index is 0.331. The fraction of sp³-hybridized carbons (Fsp3) is 0.235. The molecule has 1 heterocycles. The molecule has 2 aromatic carbocycles. The van der Waals surface area contributed by atoms with Crippen molar-refractivity contribution in [1.29, 1.82) is 0 Å². The molecule has 4 rings (SSSR count). The summed E-state index contributed by atoms with van der Waals surface area (Å²) in [5, 5.41) is 0. The second-order valence-electron chi connectivity index (χ2n) is 5.53. The predicted octanol–water partition coefficient (Wildman–Crippen LogP) is 3.63. The summed E-state index contributed by atoms with van der Waals surface area (Å²) in [4.78, 5) is 4.20. The minimum atomic E-state index is -0.331. The van der Waals surface area contributed by atoms with Crippen molar-refractivity contribution in [3.63, 3.8) is 0 Å². The summed E-state index contributed by atoms with van der Waals surface area (Å²) < 4.78 is 15.8. The topological polar surface area (TPSA) is 43.8 Å². The van der Waals surface area contributed by atoms with E-state index >= 15 is 0 Å². The van der Waals surface area contributed by atoms with Gasteiger partial charge in [0.25, 0.3) is 0 Å². The Morgan fingerprint density at radius 3 is 2.76 bits per heavy atom. The number of aryl methyl sites for hydroxylation is 1. The van der Waals surface area contributed by atoms with Crippen LogP contribution in [0.1, 0.15) is 24.0 Å². The van der Waals surface area contributed by atoms with Crippen molar-refractivity contribution in [2.45, 2.75) is 25.7 Å². The molecule has 0 saturated carbocycles. The highest BCUT2D eigenvalue weighted by Crippen LogP contribution is 2.31. The Labute approximate surface area is 122 Å². The Kier molecular flexibility index (Phi) is 2.70. The number of nitrogens with zero attached hydrogens (tertiary/aromatic N) is 2. The van der Waals surface area contributed by atoms with Gasteiger partial charge in [0.1, 0.15) is 5.52 Å². The van der Waals surface area contributed by atoms with Gasteiger partial charge in [0.05, 0.1) is 11.2 Å². The molecule has 0 fully saturated rings. The van der Waals surface area contributed by atoms with Gasteiger partial charge < -0.3 is 5.73 Å². The van der Waals surface area contributed by atoms with Crippen LogP contribution in [0.5, 0.6) is 0 Å². The number of para-hydroxylation sites is 1. The normalized spacial score (nSPS) is 14.3. The van der Waals surface area contributed by atoms with E-state index < -0.39 is 0 Å². The van der Waals surface area contributed by atoms with Crippen LogP contribution < -0.4 is 5.73 Å². The van der Waals surface area contributed by atoms with Crippen LogP contribution in [0, 0.1) is 5.82 Å². The third-order valence-electron chi connectivity index (χ3n) is 4.27. The number of halogens is 1. The zero-order valence-corrected chi connectivity index (χ0v) is 11.6. The third-order valence-corrected chi connectivity index (χ3v) is 4.27. The average molecular weight is 281 g/mol. The van der Waals surface area contributed by atoms with Crippen LogP contribution in [-0.2, 0) is 12.8 Å².